The van der Waals surface area contributed by atoms with Gasteiger partial charge in [-0.1, -0.05) is 12.2 Å². The minimum Gasteiger partial charge on any atom is -0.481 e. The van der Waals surface area contributed by atoms with E-state index in [1.54, 1.807) is 13.8 Å². The summed E-state index contributed by atoms with van der Waals surface area (Å²) in [5.74, 6) is -0.0892. The van der Waals surface area contributed by atoms with E-state index in [1.165, 1.54) is 0 Å². The lowest BCUT2D eigenvalue weighted by molar-refractivity contribution is -0.147. The Morgan fingerprint density at radius 1 is 1.44 bits per heavy atom. The van der Waals surface area contributed by atoms with Crippen molar-refractivity contribution in [1.29, 1.82) is 0 Å². The van der Waals surface area contributed by atoms with Gasteiger partial charge >= 0.3 is 5.97 Å². The van der Waals surface area contributed by atoms with E-state index in [-0.39, 0.29) is 0 Å². The van der Waals surface area contributed by atoms with Gasteiger partial charge in [0.15, 0.2) is 0 Å². The molecule has 1 rings (SSSR count). The van der Waals surface area contributed by atoms with Crippen molar-refractivity contribution < 1.29 is 14.6 Å². The molecular formula is C13H22O3. The maximum atomic E-state index is 10.9. The van der Waals surface area contributed by atoms with Gasteiger partial charge in [0.2, 0.25) is 0 Å². The third-order valence-electron chi connectivity index (χ3n) is 3.19. The normalized spacial score (nSPS) is 19.1. The predicted octanol–water partition coefficient (Wildman–Crippen LogP) is 2.86. The molecule has 16 heavy (non-hydrogen) atoms. The molecule has 0 unspecified atom stereocenters. The largest absolute Gasteiger partial charge is 0.481 e. The fraction of sp³-hybridized carbons (Fsp3) is 0.769. The molecule has 0 aromatic carbocycles. The lowest BCUT2D eigenvalue weighted by Crippen LogP contribution is -2.23. The molecule has 92 valence electrons. The van der Waals surface area contributed by atoms with Gasteiger partial charge in [0, 0.05) is 13.2 Å². The molecule has 3 heteroatoms. The number of hydrogen-bond acceptors (Lipinski definition) is 2. The topological polar surface area (TPSA) is 46.5 Å². The lowest BCUT2D eigenvalue weighted by Gasteiger charge is -2.19. The standard InChI is InChI=1S/C13H22O3/c1-13(2,12(14)15)8-4-3-5-11-6-9-16-10-7-11/h3,5,11H,4,6-10H2,1-2H3,(H,14,15)/b5-3+. The van der Waals surface area contributed by atoms with Crippen LogP contribution in [0.2, 0.25) is 0 Å². The number of rotatable bonds is 5. The number of ether oxygens (including phenoxy) is 1. The molecule has 3 nitrogen and oxygen atoms in total. The van der Waals surface area contributed by atoms with Crippen molar-refractivity contribution in [3.8, 4) is 0 Å². The first-order chi connectivity index (χ1) is 7.52. The van der Waals surface area contributed by atoms with Crippen LogP contribution in [0.15, 0.2) is 12.2 Å². The SMILES string of the molecule is CC(C)(CC/C=C/C1CCOCC1)C(=O)O. The number of hydrogen-bond donors (Lipinski definition) is 1. The van der Waals surface area contributed by atoms with Crippen molar-refractivity contribution in [1.82, 2.24) is 0 Å². The summed E-state index contributed by atoms with van der Waals surface area (Å²) in [6.45, 7) is 5.26. The van der Waals surface area contributed by atoms with E-state index in [9.17, 15) is 4.79 Å². The monoisotopic (exact) mass is 226 g/mol. The van der Waals surface area contributed by atoms with E-state index < -0.39 is 11.4 Å². The number of carbonyl (C=O) groups is 1. The summed E-state index contributed by atoms with van der Waals surface area (Å²) < 4.78 is 5.28. The van der Waals surface area contributed by atoms with Gasteiger partial charge in [-0.05, 0) is 45.4 Å². The van der Waals surface area contributed by atoms with E-state index >= 15 is 0 Å². The highest BCUT2D eigenvalue weighted by molar-refractivity contribution is 5.73. The van der Waals surface area contributed by atoms with Crippen LogP contribution in [0.5, 0.6) is 0 Å². The zero-order valence-electron chi connectivity index (χ0n) is 10.2. The van der Waals surface area contributed by atoms with Gasteiger partial charge < -0.3 is 9.84 Å². The van der Waals surface area contributed by atoms with Gasteiger partial charge in [-0.25, -0.2) is 0 Å². The minimum atomic E-state index is -0.716. The van der Waals surface area contributed by atoms with Crippen molar-refractivity contribution in [2.24, 2.45) is 11.3 Å². The maximum absolute atomic E-state index is 10.9. The summed E-state index contributed by atoms with van der Waals surface area (Å²) >= 11 is 0. The van der Waals surface area contributed by atoms with E-state index in [0.717, 1.165) is 32.5 Å². The van der Waals surface area contributed by atoms with Crippen LogP contribution in [0.1, 0.15) is 39.5 Å². The third kappa shape index (κ3) is 4.35. The Morgan fingerprint density at radius 3 is 2.62 bits per heavy atom. The van der Waals surface area contributed by atoms with Crippen LogP contribution in [-0.2, 0) is 9.53 Å². The minimum absolute atomic E-state index is 0.611. The first-order valence-corrected chi connectivity index (χ1v) is 6.00. The Hall–Kier alpha value is -0.830. The fourth-order valence-electron chi connectivity index (χ4n) is 1.75. The molecule has 1 heterocycles. The second-order valence-electron chi connectivity index (χ2n) is 5.11. The zero-order valence-corrected chi connectivity index (χ0v) is 10.2. The molecule has 1 saturated heterocycles. The molecule has 0 atom stereocenters. The van der Waals surface area contributed by atoms with Gasteiger partial charge in [-0.3, -0.25) is 4.79 Å². The molecule has 1 aliphatic rings. The highest BCUT2D eigenvalue weighted by Crippen LogP contribution is 2.23. The molecule has 1 N–H and O–H groups in total. The van der Waals surface area contributed by atoms with E-state index in [4.69, 9.17) is 9.84 Å². The second kappa shape index (κ2) is 6.04. The average molecular weight is 226 g/mol. The van der Waals surface area contributed by atoms with Crippen LogP contribution >= 0.6 is 0 Å². The molecule has 0 spiro atoms. The highest BCUT2D eigenvalue weighted by atomic mass is 16.5. The molecule has 1 fully saturated rings. The first kappa shape index (κ1) is 13.2. The summed E-state index contributed by atoms with van der Waals surface area (Å²) in [7, 11) is 0. The van der Waals surface area contributed by atoms with Gasteiger partial charge in [-0.2, -0.15) is 0 Å². The lowest BCUT2D eigenvalue weighted by atomic mass is 9.87. The summed E-state index contributed by atoms with van der Waals surface area (Å²) in [5.41, 5.74) is -0.611. The van der Waals surface area contributed by atoms with Gasteiger partial charge in [0.25, 0.3) is 0 Å². The summed E-state index contributed by atoms with van der Waals surface area (Å²) in [5, 5.41) is 8.95. The number of allylic oxidation sites excluding steroid dienone is 2. The summed E-state index contributed by atoms with van der Waals surface area (Å²) in [6.07, 6.45) is 8.08. The van der Waals surface area contributed by atoms with Crippen LogP contribution in [0.25, 0.3) is 0 Å². The van der Waals surface area contributed by atoms with Gasteiger partial charge in [0.05, 0.1) is 5.41 Å². The molecule has 0 amide bonds. The zero-order chi connectivity index (χ0) is 12.0. The van der Waals surface area contributed by atoms with Crippen molar-refractivity contribution >= 4 is 5.97 Å². The molecule has 0 aliphatic carbocycles. The highest BCUT2D eigenvalue weighted by Gasteiger charge is 2.25. The summed E-state index contributed by atoms with van der Waals surface area (Å²) in [4.78, 5) is 10.9. The summed E-state index contributed by atoms with van der Waals surface area (Å²) in [6, 6.07) is 0. The van der Waals surface area contributed by atoms with Crippen LogP contribution in [-0.4, -0.2) is 24.3 Å². The van der Waals surface area contributed by atoms with Gasteiger partial charge in [0.1, 0.15) is 0 Å². The second-order valence-corrected chi connectivity index (χ2v) is 5.11. The average Bonchev–Trinajstić information content (AvgIpc) is 2.26. The van der Waals surface area contributed by atoms with Crippen LogP contribution in [0.4, 0.5) is 0 Å². The fourth-order valence-corrected chi connectivity index (χ4v) is 1.75. The molecule has 0 aromatic rings. The number of carboxylic acids is 1. The van der Waals surface area contributed by atoms with E-state index in [2.05, 4.69) is 12.2 Å². The quantitative estimate of drug-likeness (QED) is 0.733. The van der Waals surface area contributed by atoms with Crippen molar-refractivity contribution in [2.45, 2.75) is 39.5 Å². The molecule has 1 aliphatic heterocycles. The van der Waals surface area contributed by atoms with Crippen LogP contribution in [0.3, 0.4) is 0 Å². The molecule has 0 bridgehead atoms. The third-order valence-corrected chi connectivity index (χ3v) is 3.19. The molecule has 0 aromatic heterocycles. The molecule has 0 saturated carbocycles. The van der Waals surface area contributed by atoms with Crippen molar-refractivity contribution in [3.63, 3.8) is 0 Å². The first-order valence-electron chi connectivity index (χ1n) is 6.00. The smallest absolute Gasteiger partial charge is 0.309 e. The van der Waals surface area contributed by atoms with Crippen molar-refractivity contribution in [2.75, 3.05) is 13.2 Å². The van der Waals surface area contributed by atoms with Gasteiger partial charge in [-0.15, -0.1) is 0 Å². The maximum Gasteiger partial charge on any atom is 0.309 e. The van der Waals surface area contributed by atoms with Crippen LogP contribution < -0.4 is 0 Å². The Bertz CT molecular complexity index is 250. The van der Waals surface area contributed by atoms with Crippen LogP contribution in [0, 0.1) is 11.3 Å². The molecule has 0 radical (unpaired) electrons. The predicted molar refractivity (Wildman–Crippen MR) is 63.3 cm³/mol. The molecular weight excluding hydrogens is 204 g/mol. The Morgan fingerprint density at radius 2 is 2.06 bits per heavy atom. The Kier molecular flexibility index (Phi) is 5.00. The Balaban J connectivity index is 2.23. The van der Waals surface area contributed by atoms with Crippen molar-refractivity contribution in [3.05, 3.63) is 12.2 Å². The number of aliphatic carboxylic acids is 1. The Labute approximate surface area is 97.5 Å². The van der Waals surface area contributed by atoms with E-state index in [0.29, 0.717) is 12.3 Å². The van der Waals surface area contributed by atoms with E-state index in [1.807, 2.05) is 0 Å². The number of carboxylic acid groups (broad SMARTS) is 1.